The Bertz CT molecular complexity index is 1140. The molecular weight excluding hydrogens is 609 g/mol. The number of carbonyl (C=O) groups is 1. The van der Waals surface area contributed by atoms with E-state index >= 15 is 0 Å². The predicted molar refractivity (Wildman–Crippen MR) is 168 cm³/mol. The molecular formula is C31H47ClFN5O7. The number of hydrogen-bond donors (Lipinski definition) is 7. The first-order valence-electron chi connectivity index (χ1n) is 15.6. The van der Waals surface area contributed by atoms with Crippen LogP contribution in [0.2, 0.25) is 5.02 Å². The number of benzene rings is 1. The molecule has 4 atom stereocenters. The average molecular weight is 656 g/mol. The minimum atomic E-state index is -1.65. The van der Waals surface area contributed by atoms with Gasteiger partial charge in [0.15, 0.2) is 0 Å². The molecule has 0 radical (unpaired) electrons. The summed E-state index contributed by atoms with van der Waals surface area (Å²) in [5, 5.41) is 53.7. The number of unbranched alkanes of at least 4 members (excludes halogenated alkanes) is 2. The number of halogens is 2. The number of aliphatic hydroxyl groups excluding tert-OH is 5. The van der Waals surface area contributed by atoms with Crippen LogP contribution in [0.5, 0.6) is 5.75 Å². The van der Waals surface area contributed by atoms with Crippen LogP contribution in [-0.2, 0) is 11.2 Å². The number of rotatable bonds is 20. The zero-order valence-electron chi connectivity index (χ0n) is 25.5. The Kier molecular flexibility index (Phi) is 16.2. The van der Waals surface area contributed by atoms with Gasteiger partial charge >= 0.3 is 0 Å². The highest BCUT2D eigenvalue weighted by Crippen LogP contribution is 2.25. The van der Waals surface area contributed by atoms with Crippen molar-refractivity contribution in [2.24, 2.45) is 5.92 Å². The van der Waals surface area contributed by atoms with Crippen LogP contribution >= 0.6 is 11.6 Å². The second kappa shape index (κ2) is 19.8. The maximum atomic E-state index is 14.6. The molecule has 0 saturated carbocycles. The summed E-state index contributed by atoms with van der Waals surface area (Å²) in [6.45, 7) is 2.56. The molecule has 1 fully saturated rings. The van der Waals surface area contributed by atoms with Gasteiger partial charge in [0.25, 0.3) is 0 Å². The first-order chi connectivity index (χ1) is 21.7. The van der Waals surface area contributed by atoms with Gasteiger partial charge in [0.1, 0.15) is 29.9 Å². The highest BCUT2D eigenvalue weighted by atomic mass is 35.5. The molecule has 7 N–H and O–H groups in total. The van der Waals surface area contributed by atoms with Gasteiger partial charge in [-0.1, -0.05) is 24.1 Å². The molecule has 1 aliphatic rings. The predicted octanol–water partition coefficient (Wildman–Crippen LogP) is 1.20. The summed E-state index contributed by atoms with van der Waals surface area (Å²) >= 11 is 5.87. The Morgan fingerprint density at radius 2 is 1.71 bits per heavy atom. The number of aliphatic hydroxyl groups is 5. The van der Waals surface area contributed by atoms with E-state index in [1.165, 1.54) is 6.07 Å². The second-order valence-corrected chi connectivity index (χ2v) is 11.9. The van der Waals surface area contributed by atoms with Crippen LogP contribution in [0.4, 0.5) is 10.3 Å². The number of amides is 1. The molecule has 1 aromatic carbocycles. The number of nitrogens with zero attached hydrogens (tertiary/aromatic N) is 3. The van der Waals surface area contributed by atoms with Gasteiger partial charge in [0.2, 0.25) is 11.9 Å². The minimum absolute atomic E-state index is 0.00485. The van der Waals surface area contributed by atoms with Crippen molar-refractivity contribution in [2.45, 2.75) is 75.8 Å². The largest absolute Gasteiger partial charge is 0.493 e. The van der Waals surface area contributed by atoms with Crippen LogP contribution in [0.1, 0.15) is 50.5 Å². The number of nitrogens with one attached hydrogen (secondary N) is 2. The van der Waals surface area contributed by atoms with Gasteiger partial charge in [-0.3, -0.25) is 4.79 Å². The lowest BCUT2D eigenvalue weighted by atomic mass is 9.92. The highest BCUT2D eigenvalue weighted by Gasteiger charge is 2.29. The van der Waals surface area contributed by atoms with Gasteiger partial charge in [0.05, 0.1) is 43.2 Å². The monoisotopic (exact) mass is 655 g/mol. The molecule has 4 unspecified atom stereocenters. The fraction of sp³-hybridized carbons (Fsp3) is 0.645. The van der Waals surface area contributed by atoms with E-state index in [4.69, 9.17) is 21.4 Å². The van der Waals surface area contributed by atoms with E-state index in [2.05, 4.69) is 25.5 Å². The molecule has 12 nitrogen and oxygen atoms in total. The normalized spacial score (nSPS) is 16.6. The van der Waals surface area contributed by atoms with Crippen molar-refractivity contribution in [2.75, 3.05) is 50.8 Å². The molecule has 1 aliphatic heterocycles. The SMILES string of the molecule is O=C(Cc1ccc(OCCCC2CCN(c3ncc(Cl)cn3)CC2)cc1F)NCCCCCNCC(O)C(O)C(O)C(O)CO. The Hall–Kier alpha value is -2.65. The van der Waals surface area contributed by atoms with Crippen molar-refractivity contribution in [1.29, 1.82) is 0 Å². The summed E-state index contributed by atoms with van der Waals surface area (Å²) in [5.74, 6) is 1.01. The number of anilines is 1. The van der Waals surface area contributed by atoms with Crippen LogP contribution in [0.3, 0.4) is 0 Å². The summed E-state index contributed by atoms with van der Waals surface area (Å²) in [7, 11) is 0. The first-order valence-corrected chi connectivity index (χ1v) is 16.0. The van der Waals surface area contributed by atoms with Crippen LogP contribution in [0.15, 0.2) is 30.6 Å². The third kappa shape index (κ3) is 12.9. The fourth-order valence-corrected chi connectivity index (χ4v) is 5.26. The number of aromatic nitrogens is 2. The van der Waals surface area contributed by atoms with Gasteiger partial charge in [-0.2, -0.15) is 0 Å². The molecule has 14 heteroatoms. The van der Waals surface area contributed by atoms with Gasteiger partial charge in [-0.15, -0.1) is 0 Å². The molecule has 3 rings (SSSR count). The molecule has 2 aromatic rings. The van der Waals surface area contributed by atoms with E-state index in [1.807, 2.05) is 0 Å². The summed E-state index contributed by atoms with van der Waals surface area (Å²) in [6.07, 6.45) is 3.33. The lowest BCUT2D eigenvalue weighted by Gasteiger charge is -2.31. The van der Waals surface area contributed by atoms with Crippen molar-refractivity contribution >= 4 is 23.5 Å². The van der Waals surface area contributed by atoms with E-state index in [-0.39, 0.29) is 18.9 Å². The molecule has 1 saturated heterocycles. The van der Waals surface area contributed by atoms with E-state index in [1.54, 1.807) is 24.5 Å². The van der Waals surface area contributed by atoms with Crippen molar-refractivity contribution in [3.8, 4) is 5.75 Å². The number of carbonyl (C=O) groups excluding carboxylic acids is 1. The van der Waals surface area contributed by atoms with E-state index < -0.39 is 36.8 Å². The van der Waals surface area contributed by atoms with Crippen molar-refractivity contribution in [3.05, 3.63) is 47.0 Å². The minimum Gasteiger partial charge on any atom is -0.493 e. The molecule has 1 amide bonds. The van der Waals surface area contributed by atoms with E-state index in [0.717, 1.165) is 51.6 Å². The van der Waals surface area contributed by atoms with Crippen molar-refractivity contribution in [1.82, 2.24) is 20.6 Å². The smallest absolute Gasteiger partial charge is 0.225 e. The van der Waals surface area contributed by atoms with Crippen LogP contribution < -0.4 is 20.3 Å². The van der Waals surface area contributed by atoms with Crippen LogP contribution in [0, 0.1) is 11.7 Å². The molecule has 0 bridgehead atoms. The molecule has 1 aromatic heterocycles. The molecule has 0 spiro atoms. The third-order valence-corrected chi connectivity index (χ3v) is 8.13. The van der Waals surface area contributed by atoms with Gasteiger partial charge in [-0.25, -0.2) is 14.4 Å². The number of ether oxygens (including phenoxy) is 1. The quantitative estimate of drug-likeness (QED) is 0.102. The highest BCUT2D eigenvalue weighted by molar-refractivity contribution is 6.30. The standard InChI is InChI=1S/C31H47ClFN5O7/c32-23-17-36-31(37-18-23)38-12-8-21(9-13-38)5-4-14-45-24-7-6-22(25(33)16-24)15-28(42)35-11-3-1-2-10-34-19-26(40)29(43)30(44)27(41)20-39/h6-7,16-18,21,26-27,29-30,34,39-41,43-44H,1-5,8-15,19-20H2,(H,35,42). The van der Waals surface area contributed by atoms with Crippen LogP contribution in [-0.4, -0.2) is 112 Å². The lowest BCUT2D eigenvalue weighted by molar-refractivity contribution is -0.120. The number of piperidine rings is 1. The zero-order valence-corrected chi connectivity index (χ0v) is 26.3. The van der Waals surface area contributed by atoms with E-state index in [9.17, 15) is 29.6 Å². The third-order valence-electron chi connectivity index (χ3n) is 7.94. The van der Waals surface area contributed by atoms with Gasteiger partial charge in [-0.05, 0) is 62.6 Å². The average Bonchev–Trinajstić information content (AvgIpc) is 3.05. The van der Waals surface area contributed by atoms with Crippen molar-refractivity contribution < 1.29 is 39.5 Å². The Balaban J connectivity index is 1.21. The summed E-state index contributed by atoms with van der Waals surface area (Å²) < 4.78 is 20.4. The topological polar surface area (TPSA) is 181 Å². The summed E-state index contributed by atoms with van der Waals surface area (Å²) in [5.41, 5.74) is 0.304. The maximum Gasteiger partial charge on any atom is 0.225 e. The summed E-state index contributed by atoms with van der Waals surface area (Å²) in [4.78, 5) is 23.0. The second-order valence-electron chi connectivity index (χ2n) is 11.5. The van der Waals surface area contributed by atoms with E-state index in [0.29, 0.717) is 54.3 Å². The molecule has 2 heterocycles. The van der Waals surface area contributed by atoms with Crippen molar-refractivity contribution in [3.63, 3.8) is 0 Å². The Morgan fingerprint density at radius 3 is 2.40 bits per heavy atom. The number of hydrogen-bond acceptors (Lipinski definition) is 11. The first kappa shape index (κ1) is 36.8. The van der Waals surface area contributed by atoms with Crippen LogP contribution in [0.25, 0.3) is 0 Å². The van der Waals surface area contributed by atoms with Gasteiger partial charge in [0, 0.05) is 32.2 Å². The van der Waals surface area contributed by atoms with Gasteiger partial charge < -0.3 is 45.8 Å². The molecule has 45 heavy (non-hydrogen) atoms. The molecule has 252 valence electrons. The summed E-state index contributed by atoms with van der Waals surface area (Å²) in [6, 6.07) is 4.60. The Labute approximate surface area is 268 Å². The zero-order chi connectivity index (χ0) is 32.6. The maximum absolute atomic E-state index is 14.6. The fourth-order valence-electron chi connectivity index (χ4n) is 5.16. The lowest BCUT2D eigenvalue weighted by Crippen LogP contribution is -2.49. The Morgan fingerprint density at radius 1 is 1.02 bits per heavy atom. The molecule has 0 aliphatic carbocycles.